The fraction of sp³-hybridized carbons (Fsp3) is 0.182. The van der Waals surface area contributed by atoms with Crippen LogP contribution in [0.4, 0.5) is 5.82 Å². The maximum atomic E-state index is 6.04. The highest BCUT2D eigenvalue weighted by molar-refractivity contribution is 6.32. The number of hydrogen-bond acceptors (Lipinski definition) is 5. The molecule has 0 aliphatic heterocycles. The maximum absolute atomic E-state index is 6.04. The zero-order chi connectivity index (χ0) is 12.4. The molecule has 1 heterocycles. The molecular formula is C11H11ClN2O3. The summed E-state index contributed by atoms with van der Waals surface area (Å²) in [5.74, 6) is 1.89. The summed E-state index contributed by atoms with van der Waals surface area (Å²) >= 11 is 6.04. The molecule has 0 saturated heterocycles. The van der Waals surface area contributed by atoms with Crippen molar-refractivity contribution in [3.05, 3.63) is 23.2 Å². The first-order valence-electron chi connectivity index (χ1n) is 4.79. The van der Waals surface area contributed by atoms with Crippen LogP contribution in [0, 0.1) is 0 Å². The van der Waals surface area contributed by atoms with Gasteiger partial charge in [0.25, 0.3) is 0 Å². The van der Waals surface area contributed by atoms with Crippen LogP contribution in [0.5, 0.6) is 11.5 Å². The van der Waals surface area contributed by atoms with Crippen LogP contribution in [-0.4, -0.2) is 19.4 Å². The van der Waals surface area contributed by atoms with Crippen LogP contribution >= 0.6 is 11.6 Å². The summed E-state index contributed by atoms with van der Waals surface area (Å²) in [5, 5.41) is 4.07. The van der Waals surface area contributed by atoms with Gasteiger partial charge in [0, 0.05) is 12.1 Å². The lowest BCUT2D eigenvalue weighted by Gasteiger charge is -2.09. The van der Waals surface area contributed by atoms with Gasteiger partial charge in [-0.1, -0.05) is 16.8 Å². The van der Waals surface area contributed by atoms with E-state index in [2.05, 4.69) is 5.16 Å². The first kappa shape index (κ1) is 11.6. The highest BCUT2D eigenvalue weighted by Gasteiger charge is 2.15. The molecule has 0 unspecified atom stereocenters. The van der Waals surface area contributed by atoms with Crippen molar-refractivity contribution >= 4 is 17.4 Å². The molecule has 2 aromatic rings. The zero-order valence-electron chi connectivity index (χ0n) is 9.36. The van der Waals surface area contributed by atoms with Gasteiger partial charge in [-0.3, -0.25) is 0 Å². The summed E-state index contributed by atoms with van der Waals surface area (Å²) in [4.78, 5) is 0. The van der Waals surface area contributed by atoms with E-state index in [0.29, 0.717) is 33.7 Å². The van der Waals surface area contributed by atoms with Crippen molar-refractivity contribution < 1.29 is 14.0 Å². The zero-order valence-corrected chi connectivity index (χ0v) is 10.1. The van der Waals surface area contributed by atoms with Gasteiger partial charge in [-0.2, -0.15) is 0 Å². The molecule has 90 valence electrons. The van der Waals surface area contributed by atoms with Crippen LogP contribution < -0.4 is 15.2 Å². The van der Waals surface area contributed by atoms with E-state index >= 15 is 0 Å². The Morgan fingerprint density at radius 3 is 2.41 bits per heavy atom. The molecule has 0 saturated carbocycles. The minimum atomic E-state index is 0.300. The van der Waals surface area contributed by atoms with E-state index in [0.717, 1.165) is 0 Å². The van der Waals surface area contributed by atoms with Gasteiger partial charge in [-0.05, 0) is 6.07 Å². The average molecular weight is 255 g/mol. The van der Waals surface area contributed by atoms with Gasteiger partial charge < -0.3 is 19.7 Å². The Bertz CT molecular complexity index is 540. The number of rotatable bonds is 3. The Labute approximate surface area is 103 Å². The Hall–Kier alpha value is -1.88. The molecule has 0 amide bonds. The number of benzene rings is 1. The first-order valence-corrected chi connectivity index (χ1v) is 5.17. The van der Waals surface area contributed by atoms with Crippen molar-refractivity contribution in [1.29, 1.82) is 0 Å². The summed E-state index contributed by atoms with van der Waals surface area (Å²) in [6.45, 7) is 0. The third kappa shape index (κ3) is 2.14. The number of nitrogens with zero attached hydrogens (tertiary/aromatic N) is 1. The molecule has 0 atom stereocenters. The van der Waals surface area contributed by atoms with E-state index in [9.17, 15) is 0 Å². The summed E-state index contributed by atoms with van der Waals surface area (Å²) < 4.78 is 15.4. The number of anilines is 1. The number of nitrogen functional groups attached to an aromatic ring is 1. The molecule has 2 rings (SSSR count). The Kier molecular flexibility index (Phi) is 3.10. The standard InChI is InChI=1S/C11H11ClN2O3/c1-15-8-4-10(16-2)7(12)3-6(8)9-5-11(13)14-17-9/h3-5H,1-2H3,(H2,13,14). The molecule has 6 heteroatoms. The molecular weight excluding hydrogens is 244 g/mol. The minimum Gasteiger partial charge on any atom is -0.496 e. The lowest BCUT2D eigenvalue weighted by Crippen LogP contribution is -1.91. The number of ether oxygens (including phenoxy) is 2. The van der Waals surface area contributed by atoms with Crippen LogP contribution in [0.3, 0.4) is 0 Å². The summed E-state index contributed by atoms with van der Waals surface area (Å²) in [6.07, 6.45) is 0. The van der Waals surface area contributed by atoms with E-state index in [1.807, 2.05) is 0 Å². The van der Waals surface area contributed by atoms with Crippen LogP contribution in [-0.2, 0) is 0 Å². The lowest BCUT2D eigenvalue weighted by atomic mass is 10.1. The number of methoxy groups -OCH3 is 2. The predicted molar refractivity (Wildman–Crippen MR) is 64.5 cm³/mol. The second-order valence-electron chi connectivity index (χ2n) is 3.30. The highest BCUT2D eigenvalue weighted by atomic mass is 35.5. The average Bonchev–Trinajstić information content (AvgIpc) is 2.75. The van der Waals surface area contributed by atoms with Gasteiger partial charge in [0.05, 0.1) is 24.8 Å². The predicted octanol–water partition coefficient (Wildman–Crippen LogP) is 2.59. The third-order valence-corrected chi connectivity index (χ3v) is 2.56. The van der Waals surface area contributed by atoms with Crippen molar-refractivity contribution in [2.75, 3.05) is 20.0 Å². The molecule has 0 spiro atoms. The van der Waals surface area contributed by atoms with Crippen molar-refractivity contribution in [2.45, 2.75) is 0 Å². The Balaban J connectivity index is 2.57. The van der Waals surface area contributed by atoms with E-state index in [-0.39, 0.29) is 0 Å². The molecule has 5 nitrogen and oxygen atoms in total. The van der Waals surface area contributed by atoms with Gasteiger partial charge in [0.1, 0.15) is 11.5 Å². The molecule has 0 aliphatic carbocycles. The summed E-state index contributed by atoms with van der Waals surface area (Å²) in [7, 11) is 3.08. The second kappa shape index (κ2) is 4.55. The molecule has 0 aliphatic rings. The summed E-state index contributed by atoms with van der Waals surface area (Å²) in [6, 6.07) is 4.95. The number of hydrogen-bond donors (Lipinski definition) is 1. The van der Waals surface area contributed by atoms with E-state index in [1.165, 1.54) is 7.11 Å². The van der Waals surface area contributed by atoms with E-state index in [1.54, 1.807) is 25.3 Å². The fourth-order valence-corrected chi connectivity index (χ4v) is 1.71. The van der Waals surface area contributed by atoms with Gasteiger partial charge in [-0.25, -0.2) is 0 Å². The van der Waals surface area contributed by atoms with Gasteiger partial charge in [-0.15, -0.1) is 0 Å². The minimum absolute atomic E-state index is 0.300. The van der Waals surface area contributed by atoms with Gasteiger partial charge in [0.2, 0.25) is 0 Å². The van der Waals surface area contributed by atoms with Crippen LogP contribution in [0.2, 0.25) is 5.02 Å². The lowest BCUT2D eigenvalue weighted by molar-refractivity contribution is 0.391. The molecule has 0 radical (unpaired) electrons. The maximum Gasteiger partial charge on any atom is 0.172 e. The monoisotopic (exact) mass is 254 g/mol. The smallest absolute Gasteiger partial charge is 0.172 e. The Morgan fingerprint density at radius 2 is 1.88 bits per heavy atom. The van der Waals surface area contributed by atoms with Gasteiger partial charge >= 0.3 is 0 Å². The fourth-order valence-electron chi connectivity index (χ4n) is 1.47. The van der Waals surface area contributed by atoms with Crippen molar-refractivity contribution in [3.8, 4) is 22.8 Å². The topological polar surface area (TPSA) is 70.5 Å². The highest BCUT2D eigenvalue weighted by Crippen LogP contribution is 2.38. The van der Waals surface area contributed by atoms with Crippen LogP contribution in [0.1, 0.15) is 0 Å². The number of halogens is 1. The quantitative estimate of drug-likeness (QED) is 0.912. The molecule has 1 aromatic carbocycles. The van der Waals surface area contributed by atoms with Crippen molar-refractivity contribution in [2.24, 2.45) is 0 Å². The van der Waals surface area contributed by atoms with Crippen molar-refractivity contribution in [1.82, 2.24) is 5.16 Å². The molecule has 0 bridgehead atoms. The van der Waals surface area contributed by atoms with E-state index in [4.69, 9.17) is 31.3 Å². The molecule has 1 aromatic heterocycles. The molecule has 17 heavy (non-hydrogen) atoms. The Morgan fingerprint density at radius 1 is 1.18 bits per heavy atom. The normalized spacial score (nSPS) is 10.3. The van der Waals surface area contributed by atoms with E-state index < -0.39 is 0 Å². The van der Waals surface area contributed by atoms with Crippen LogP contribution in [0.25, 0.3) is 11.3 Å². The van der Waals surface area contributed by atoms with Gasteiger partial charge in [0.15, 0.2) is 11.6 Å². The summed E-state index contributed by atoms with van der Waals surface area (Å²) in [5.41, 5.74) is 6.17. The first-order chi connectivity index (χ1) is 8.15. The SMILES string of the molecule is COc1cc(OC)c(-c2cc(N)no2)cc1Cl. The third-order valence-electron chi connectivity index (χ3n) is 2.27. The number of aromatic nitrogens is 1. The molecule has 2 N–H and O–H groups in total. The number of nitrogens with two attached hydrogens (primary N) is 1. The van der Waals surface area contributed by atoms with Crippen LogP contribution in [0.15, 0.2) is 22.7 Å². The van der Waals surface area contributed by atoms with Crippen molar-refractivity contribution in [3.63, 3.8) is 0 Å². The largest absolute Gasteiger partial charge is 0.496 e. The second-order valence-corrected chi connectivity index (χ2v) is 3.71. The molecule has 0 fully saturated rings.